The Balaban J connectivity index is 1.27. The van der Waals surface area contributed by atoms with Gasteiger partial charge in [0.15, 0.2) is 5.60 Å². The third kappa shape index (κ3) is 5.86. The van der Waals surface area contributed by atoms with Gasteiger partial charge in [0.25, 0.3) is 5.91 Å². The van der Waals surface area contributed by atoms with Gasteiger partial charge in [-0.05, 0) is 72.3 Å². The van der Waals surface area contributed by atoms with Crippen molar-refractivity contribution in [2.24, 2.45) is 5.92 Å². The number of anilines is 3. The molecule has 2 saturated heterocycles. The lowest BCUT2D eigenvalue weighted by Crippen LogP contribution is -2.52. The Kier molecular flexibility index (Phi) is 9.48. The molecule has 1 spiro atoms. The van der Waals surface area contributed by atoms with E-state index in [4.69, 9.17) is 9.47 Å². The molecule has 54 heavy (non-hydrogen) atoms. The van der Waals surface area contributed by atoms with Gasteiger partial charge in [0, 0.05) is 30.1 Å². The predicted octanol–water partition coefficient (Wildman–Crippen LogP) is 6.44. The maximum Gasteiger partial charge on any atom is 0.264 e. The molecule has 2 fully saturated rings. The molecule has 3 amide bonds. The highest BCUT2D eigenvalue weighted by Gasteiger charge is 2.66. The van der Waals surface area contributed by atoms with Crippen molar-refractivity contribution < 1.29 is 29.0 Å². The van der Waals surface area contributed by atoms with E-state index in [1.807, 2.05) is 88.7 Å². The number of likely N-dealkylation sites (tertiary alicyclic amines) is 1. The van der Waals surface area contributed by atoms with Gasteiger partial charge in [-0.3, -0.25) is 19.3 Å². The number of aliphatic hydroxyl groups excluding tert-OH is 1. The summed E-state index contributed by atoms with van der Waals surface area (Å²) in [6, 6.07) is 31.9. The Morgan fingerprint density at radius 2 is 1.69 bits per heavy atom. The first-order valence-electron chi connectivity index (χ1n) is 19.2. The lowest BCUT2D eigenvalue weighted by Gasteiger charge is -2.37. The van der Waals surface area contributed by atoms with Crippen molar-refractivity contribution in [3.63, 3.8) is 0 Å². The number of benzene rings is 4. The van der Waals surface area contributed by atoms with E-state index in [1.54, 1.807) is 12.0 Å². The Bertz CT molecular complexity index is 2070. The number of ether oxygens (including phenoxy) is 2. The minimum atomic E-state index is -2.52. The van der Waals surface area contributed by atoms with Crippen molar-refractivity contribution >= 4 is 48.0 Å². The quantitative estimate of drug-likeness (QED) is 0.198. The Hall–Kier alpha value is -4.77. The summed E-state index contributed by atoms with van der Waals surface area (Å²) in [4.78, 5) is 48.8. The molecule has 10 heteroatoms. The van der Waals surface area contributed by atoms with Gasteiger partial charge in [0.05, 0.1) is 58.3 Å². The average Bonchev–Trinajstić information content (AvgIpc) is 3.85. The Morgan fingerprint density at radius 3 is 2.43 bits per heavy atom. The van der Waals surface area contributed by atoms with Crippen molar-refractivity contribution in [3.8, 4) is 5.75 Å². The van der Waals surface area contributed by atoms with Crippen LogP contribution in [-0.4, -0.2) is 68.2 Å². The maximum atomic E-state index is 15.4. The number of amides is 3. The fraction of sp³-hybridized carbons (Fsp3) is 0.386. The number of fused-ring (bicyclic) bond motifs is 3. The predicted molar refractivity (Wildman–Crippen MR) is 212 cm³/mol. The zero-order valence-corrected chi connectivity index (χ0v) is 32.5. The zero-order chi connectivity index (χ0) is 37.8. The van der Waals surface area contributed by atoms with Gasteiger partial charge >= 0.3 is 0 Å². The second-order valence-corrected chi connectivity index (χ2v) is 20.6. The van der Waals surface area contributed by atoms with Crippen LogP contribution in [0.1, 0.15) is 49.3 Å². The first-order valence-corrected chi connectivity index (χ1v) is 22.3. The van der Waals surface area contributed by atoms with E-state index in [9.17, 15) is 14.7 Å². The molecule has 1 N–H and O–H groups in total. The van der Waals surface area contributed by atoms with E-state index in [2.05, 4.69) is 38.2 Å². The molecule has 0 radical (unpaired) electrons. The number of aliphatic hydroxyl groups is 1. The van der Waals surface area contributed by atoms with Crippen molar-refractivity contribution in [2.45, 2.75) is 82.0 Å². The number of carbonyl (C=O) groups excluding carboxylic acids is 3. The van der Waals surface area contributed by atoms with Gasteiger partial charge in [-0.25, -0.2) is 0 Å². The maximum absolute atomic E-state index is 15.4. The summed E-state index contributed by atoms with van der Waals surface area (Å²) in [5.41, 5.74) is 3.60. The summed E-state index contributed by atoms with van der Waals surface area (Å²) < 4.78 is 12.8. The molecule has 0 saturated carbocycles. The van der Waals surface area contributed by atoms with Crippen molar-refractivity contribution in [1.29, 1.82) is 0 Å². The molecule has 0 aliphatic carbocycles. The van der Waals surface area contributed by atoms with Gasteiger partial charge in [-0.2, -0.15) is 0 Å². The van der Waals surface area contributed by atoms with Crippen LogP contribution in [0, 0.1) is 5.92 Å². The van der Waals surface area contributed by atoms with Gasteiger partial charge in [-0.1, -0.05) is 85.9 Å². The monoisotopic (exact) mass is 743 g/mol. The second kappa shape index (κ2) is 14.1. The van der Waals surface area contributed by atoms with E-state index < -0.39 is 19.8 Å². The molecule has 8 rings (SSSR count). The van der Waals surface area contributed by atoms with E-state index in [0.717, 1.165) is 46.7 Å². The largest absolute Gasteiger partial charge is 0.497 e. The molecule has 4 heterocycles. The third-order valence-corrected chi connectivity index (χ3v) is 17.0. The summed E-state index contributed by atoms with van der Waals surface area (Å²) in [5.74, 6) is 0.251. The molecule has 0 unspecified atom stereocenters. The van der Waals surface area contributed by atoms with Gasteiger partial charge in [0.1, 0.15) is 5.75 Å². The number of aryl methyl sites for hydroxylation is 1. The normalized spacial score (nSPS) is 25.0. The average molecular weight is 744 g/mol. The molecule has 0 aromatic heterocycles. The van der Waals surface area contributed by atoms with Crippen LogP contribution in [0.25, 0.3) is 0 Å². The minimum Gasteiger partial charge on any atom is -0.497 e. The molecule has 280 valence electrons. The van der Waals surface area contributed by atoms with Crippen LogP contribution < -0.4 is 19.7 Å². The van der Waals surface area contributed by atoms with Crippen LogP contribution in [0.4, 0.5) is 17.1 Å². The van der Waals surface area contributed by atoms with Crippen molar-refractivity contribution in [1.82, 2.24) is 4.90 Å². The van der Waals surface area contributed by atoms with Crippen molar-refractivity contribution in [2.75, 3.05) is 30.1 Å². The van der Waals surface area contributed by atoms with E-state index in [-0.39, 0.29) is 48.3 Å². The highest BCUT2D eigenvalue weighted by molar-refractivity contribution is 6.91. The number of hydrogen-bond donors (Lipinski definition) is 1. The SMILES string of the molecule is COc1ccc([Si](C)(C)[C@@H]2[C@@H](CC(=O)N3CCC[C@H]3CO)O[C@]3(C(=O)N(Cc4ccccc4)c4ccc(N5C(=O)CCc6ccccc65)cc43)[C@H]2C)cc1. The first-order chi connectivity index (χ1) is 26.1. The van der Waals surface area contributed by atoms with Crippen LogP contribution in [0.15, 0.2) is 97.1 Å². The summed E-state index contributed by atoms with van der Waals surface area (Å²) in [7, 11) is -0.865. The summed E-state index contributed by atoms with van der Waals surface area (Å²) in [6.45, 7) is 7.63. The number of nitrogens with zero attached hydrogens (tertiary/aromatic N) is 3. The lowest BCUT2D eigenvalue weighted by molar-refractivity contribution is -0.150. The van der Waals surface area contributed by atoms with Gasteiger partial charge < -0.3 is 24.4 Å². The number of carbonyl (C=O) groups is 3. The highest BCUT2D eigenvalue weighted by Crippen LogP contribution is 2.61. The first kappa shape index (κ1) is 36.2. The third-order valence-electron chi connectivity index (χ3n) is 12.6. The molecule has 9 nitrogen and oxygen atoms in total. The molecular weight excluding hydrogens is 695 g/mol. The summed E-state index contributed by atoms with van der Waals surface area (Å²) >= 11 is 0. The van der Waals surface area contributed by atoms with E-state index in [1.165, 1.54) is 5.19 Å². The minimum absolute atomic E-state index is 0.00648. The van der Waals surface area contributed by atoms with Gasteiger partial charge in [0.2, 0.25) is 11.8 Å². The highest BCUT2D eigenvalue weighted by atomic mass is 28.3. The van der Waals surface area contributed by atoms with Crippen LogP contribution in [0.2, 0.25) is 18.6 Å². The summed E-state index contributed by atoms with van der Waals surface area (Å²) in [6.07, 6.45) is 2.24. The molecule has 4 aliphatic heterocycles. The fourth-order valence-electron chi connectivity index (χ4n) is 9.92. The standard InChI is InChI=1S/C44H49N3O6Si/c1-29-42(54(3,4)35-20-18-34(52-2)19-21-35)39(26-41(50)45-24-10-14-33(45)28-48)53-44(29)36-25-32(47-37-15-9-8-13-31(37)16-23-40(47)49)17-22-38(36)46(43(44)51)27-30-11-6-5-7-12-30/h5-9,11-13,15,17-22,25,29,33,39,42,48H,10,14,16,23-24,26-28H2,1-4H3/t29-,33-,39+,42-,44+/m0/s1. The topological polar surface area (TPSA) is 99.6 Å². The van der Waals surface area contributed by atoms with Crippen LogP contribution in [0.5, 0.6) is 5.75 Å². The van der Waals surface area contributed by atoms with Crippen LogP contribution >= 0.6 is 0 Å². The van der Waals surface area contributed by atoms with Gasteiger partial charge in [-0.15, -0.1) is 0 Å². The van der Waals surface area contributed by atoms with E-state index in [0.29, 0.717) is 31.6 Å². The number of rotatable bonds is 9. The molecular formula is C44H49N3O6Si. The van der Waals surface area contributed by atoms with E-state index >= 15 is 4.79 Å². The molecule has 4 aliphatic rings. The molecule has 4 aromatic rings. The van der Waals surface area contributed by atoms with Crippen LogP contribution in [0.3, 0.4) is 0 Å². The molecule has 5 atom stereocenters. The molecule has 0 bridgehead atoms. The smallest absolute Gasteiger partial charge is 0.264 e. The number of para-hydroxylation sites is 1. The lowest BCUT2D eigenvalue weighted by atomic mass is 9.82. The number of methoxy groups -OCH3 is 1. The molecule has 4 aromatic carbocycles. The number of hydrogen-bond acceptors (Lipinski definition) is 6. The second-order valence-electron chi connectivity index (χ2n) is 15.9. The van der Waals surface area contributed by atoms with Crippen LogP contribution in [-0.2, 0) is 37.7 Å². The Morgan fingerprint density at radius 1 is 0.944 bits per heavy atom. The summed E-state index contributed by atoms with van der Waals surface area (Å²) in [5, 5.41) is 11.3. The fourth-order valence-corrected chi connectivity index (χ4v) is 13.9. The van der Waals surface area contributed by atoms with Crippen molar-refractivity contribution in [3.05, 3.63) is 114 Å². The zero-order valence-electron chi connectivity index (χ0n) is 31.5. The Labute approximate surface area is 318 Å².